The van der Waals surface area contributed by atoms with E-state index in [0.717, 1.165) is 16.9 Å². The molecule has 2 aromatic rings. The van der Waals surface area contributed by atoms with Gasteiger partial charge < -0.3 is 16.0 Å². The summed E-state index contributed by atoms with van der Waals surface area (Å²) in [4.78, 5) is 23.5. The molecule has 3 N–H and O–H groups in total. The van der Waals surface area contributed by atoms with Gasteiger partial charge in [-0.15, -0.1) is 0 Å². The molecule has 0 aliphatic rings. The molecule has 0 unspecified atom stereocenters. The van der Waals surface area contributed by atoms with Gasteiger partial charge in [-0.3, -0.25) is 9.48 Å². The fourth-order valence-electron chi connectivity index (χ4n) is 2.01. The Morgan fingerprint density at radius 2 is 1.65 bits per heavy atom. The number of rotatable bonds is 5. The van der Waals surface area contributed by atoms with Gasteiger partial charge >= 0.3 is 12.2 Å². The second-order valence-electron chi connectivity index (χ2n) is 5.78. The van der Waals surface area contributed by atoms with Crippen molar-refractivity contribution in [2.24, 2.45) is 0 Å². The minimum absolute atomic E-state index is 0.00582. The average molecular weight is 369 g/mol. The van der Waals surface area contributed by atoms with Crippen molar-refractivity contribution >= 4 is 23.3 Å². The third kappa shape index (κ3) is 5.80. The standard InChI is InChI=1S/C16H18F3N5O2/c1-10(2)20-15(26)22-12-5-3-11(4-6-12)21-14(25)9-24-8-7-13(23-24)16(17,18)19/h3-8,10H,9H2,1-2H3,(H,21,25)(H2,20,22,26). The molecule has 3 amide bonds. The Balaban J connectivity index is 1.89. The lowest BCUT2D eigenvalue weighted by molar-refractivity contribution is -0.141. The highest BCUT2D eigenvalue weighted by molar-refractivity contribution is 5.92. The molecule has 1 aromatic heterocycles. The van der Waals surface area contributed by atoms with E-state index in [1.54, 1.807) is 24.3 Å². The Labute approximate surface area is 147 Å². The summed E-state index contributed by atoms with van der Waals surface area (Å²) in [5.41, 5.74) is -0.0866. The minimum atomic E-state index is -4.55. The van der Waals surface area contributed by atoms with Crippen LogP contribution < -0.4 is 16.0 Å². The number of aromatic nitrogens is 2. The molecule has 0 fully saturated rings. The Hall–Kier alpha value is -3.04. The molecule has 1 heterocycles. The van der Waals surface area contributed by atoms with Gasteiger partial charge in [0, 0.05) is 23.6 Å². The number of carbonyl (C=O) groups is 2. The fourth-order valence-corrected chi connectivity index (χ4v) is 2.01. The Morgan fingerprint density at radius 3 is 2.15 bits per heavy atom. The zero-order chi connectivity index (χ0) is 19.3. The van der Waals surface area contributed by atoms with Crippen molar-refractivity contribution in [1.29, 1.82) is 0 Å². The third-order valence-electron chi connectivity index (χ3n) is 3.08. The largest absolute Gasteiger partial charge is 0.435 e. The summed E-state index contributed by atoms with van der Waals surface area (Å²) < 4.78 is 38.3. The van der Waals surface area contributed by atoms with Crippen LogP contribution in [0.2, 0.25) is 0 Å². The van der Waals surface area contributed by atoms with E-state index < -0.39 is 17.8 Å². The van der Waals surface area contributed by atoms with E-state index in [0.29, 0.717) is 11.4 Å². The number of hydrogen-bond donors (Lipinski definition) is 3. The molecule has 0 spiro atoms. The predicted molar refractivity (Wildman–Crippen MR) is 89.6 cm³/mol. The van der Waals surface area contributed by atoms with E-state index in [4.69, 9.17) is 0 Å². The molecular formula is C16H18F3N5O2. The number of carbonyl (C=O) groups excluding carboxylic acids is 2. The summed E-state index contributed by atoms with van der Waals surface area (Å²) in [6.45, 7) is 3.30. The molecule has 7 nitrogen and oxygen atoms in total. The van der Waals surface area contributed by atoms with Crippen LogP contribution in [0.4, 0.5) is 29.3 Å². The van der Waals surface area contributed by atoms with Crippen LogP contribution in [0.5, 0.6) is 0 Å². The van der Waals surface area contributed by atoms with E-state index in [2.05, 4.69) is 21.0 Å². The summed E-state index contributed by atoms with van der Waals surface area (Å²) in [5.74, 6) is -0.528. The first-order chi connectivity index (χ1) is 12.1. The highest BCUT2D eigenvalue weighted by Gasteiger charge is 2.33. The average Bonchev–Trinajstić information content (AvgIpc) is 2.97. The molecule has 0 saturated heterocycles. The van der Waals surface area contributed by atoms with E-state index in [9.17, 15) is 22.8 Å². The van der Waals surface area contributed by atoms with Crippen molar-refractivity contribution in [3.63, 3.8) is 0 Å². The topological polar surface area (TPSA) is 88.0 Å². The number of anilines is 2. The molecule has 2 rings (SSSR count). The number of hydrogen-bond acceptors (Lipinski definition) is 3. The van der Waals surface area contributed by atoms with Crippen molar-refractivity contribution in [2.45, 2.75) is 32.6 Å². The number of urea groups is 1. The number of nitrogens with zero attached hydrogens (tertiary/aromatic N) is 2. The van der Waals surface area contributed by atoms with Crippen LogP contribution in [0, 0.1) is 0 Å². The van der Waals surface area contributed by atoms with Crippen LogP contribution in [0.3, 0.4) is 0 Å². The SMILES string of the molecule is CC(C)NC(=O)Nc1ccc(NC(=O)Cn2ccc(C(F)(F)F)n2)cc1. The van der Waals surface area contributed by atoms with E-state index >= 15 is 0 Å². The van der Waals surface area contributed by atoms with Crippen LogP contribution in [0.15, 0.2) is 36.5 Å². The van der Waals surface area contributed by atoms with Crippen LogP contribution in [0.25, 0.3) is 0 Å². The zero-order valence-corrected chi connectivity index (χ0v) is 14.1. The zero-order valence-electron chi connectivity index (χ0n) is 14.1. The predicted octanol–water partition coefficient (Wildman–Crippen LogP) is 3.07. The van der Waals surface area contributed by atoms with Gasteiger partial charge in [0.05, 0.1) is 0 Å². The van der Waals surface area contributed by atoms with Crippen molar-refractivity contribution in [1.82, 2.24) is 15.1 Å². The van der Waals surface area contributed by atoms with Gasteiger partial charge in [0.1, 0.15) is 6.54 Å². The van der Waals surface area contributed by atoms with Crippen LogP contribution in [-0.2, 0) is 17.5 Å². The number of amides is 3. The second-order valence-corrected chi connectivity index (χ2v) is 5.78. The van der Waals surface area contributed by atoms with Crippen molar-refractivity contribution in [3.8, 4) is 0 Å². The number of nitrogens with one attached hydrogen (secondary N) is 3. The first-order valence-corrected chi connectivity index (χ1v) is 7.71. The fraction of sp³-hybridized carbons (Fsp3) is 0.312. The van der Waals surface area contributed by atoms with Crippen LogP contribution >= 0.6 is 0 Å². The van der Waals surface area contributed by atoms with Crippen LogP contribution in [0.1, 0.15) is 19.5 Å². The molecule has 0 saturated carbocycles. The maximum Gasteiger partial charge on any atom is 0.435 e. The number of alkyl halides is 3. The summed E-state index contributed by atoms with van der Waals surface area (Å²) in [6, 6.07) is 6.75. The summed E-state index contributed by atoms with van der Waals surface area (Å²) >= 11 is 0. The molecule has 140 valence electrons. The maximum absolute atomic E-state index is 12.5. The lowest BCUT2D eigenvalue weighted by Crippen LogP contribution is -2.34. The molecule has 10 heteroatoms. The Morgan fingerprint density at radius 1 is 1.08 bits per heavy atom. The van der Waals surface area contributed by atoms with E-state index in [1.165, 1.54) is 0 Å². The number of benzene rings is 1. The molecule has 0 bridgehead atoms. The van der Waals surface area contributed by atoms with Crippen LogP contribution in [-0.4, -0.2) is 27.8 Å². The first-order valence-electron chi connectivity index (χ1n) is 7.71. The quantitative estimate of drug-likeness (QED) is 0.757. The Kier molecular flexibility index (Phi) is 5.86. The highest BCUT2D eigenvalue weighted by Crippen LogP contribution is 2.27. The smallest absolute Gasteiger partial charge is 0.336 e. The summed E-state index contributed by atoms with van der Waals surface area (Å²) in [6.07, 6.45) is -3.46. The minimum Gasteiger partial charge on any atom is -0.336 e. The molecule has 0 aliphatic carbocycles. The monoisotopic (exact) mass is 369 g/mol. The lowest BCUT2D eigenvalue weighted by atomic mass is 10.2. The van der Waals surface area contributed by atoms with E-state index in [1.807, 2.05) is 13.8 Å². The van der Waals surface area contributed by atoms with Gasteiger partial charge in [-0.05, 0) is 44.2 Å². The molecule has 1 aromatic carbocycles. The molecule has 26 heavy (non-hydrogen) atoms. The highest BCUT2D eigenvalue weighted by atomic mass is 19.4. The van der Waals surface area contributed by atoms with E-state index in [-0.39, 0.29) is 18.6 Å². The lowest BCUT2D eigenvalue weighted by Gasteiger charge is -2.11. The number of halogens is 3. The van der Waals surface area contributed by atoms with Gasteiger partial charge in [0.2, 0.25) is 5.91 Å². The van der Waals surface area contributed by atoms with Gasteiger partial charge in [0.15, 0.2) is 5.69 Å². The van der Waals surface area contributed by atoms with Crippen molar-refractivity contribution in [3.05, 3.63) is 42.2 Å². The molecular weight excluding hydrogens is 351 g/mol. The molecule has 0 aliphatic heterocycles. The maximum atomic E-state index is 12.5. The summed E-state index contributed by atoms with van der Waals surface area (Å²) in [5, 5.41) is 11.1. The van der Waals surface area contributed by atoms with Gasteiger partial charge in [-0.1, -0.05) is 0 Å². The summed E-state index contributed by atoms with van der Waals surface area (Å²) in [7, 11) is 0. The van der Waals surface area contributed by atoms with Crippen molar-refractivity contribution in [2.75, 3.05) is 10.6 Å². The van der Waals surface area contributed by atoms with Gasteiger partial charge in [-0.2, -0.15) is 18.3 Å². The molecule has 0 radical (unpaired) electrons. The normalized spacial score (nSPS) is 11.3. The molecule has 0 atom stereocenters. The third-order valence-corrected chi connectivity index (χ3v) is 3.08. The first kappa shape index (κ1) is 19.3. The Bertz CT molecular complexity index is 769. The van der Waals surface area contributed by atoms with Gasteiger partial charge in [0.25, 0.3) is 0 Å². The van der Waals surface area contributed by atoms with Gasteiger partial charge in [-0.25, -0.2) is 4.79 Å². The van der Waals surface area contributed by atoms with Crippen molar-refractivity contribution < 1.29 is 22.8 Å². The second kappa shape index (κ2) is 7.89.